The van der Waals surface area contributed by atoms with Gasteiger partial charge in [-0.25, -0.2) is 13.1 Å². The molecule has 1 heterocycles. The molecule has 0 unspecified atom stereocenters. The maximum absolute atomic E-state index is 11.9. The molecule has 6 heteroatoms. The molecule has 0 radical (unpaired) electrons. The molecule has 0 aliphatic heterocycles. The summed E-state index contributed by atoms with van der Waals surface area (Å²) in [5.74, 6) is 0.615. The zero-order valence-electron chi connectivity index (χ0n) is 9.41. The first-order chi connectivity index (χ1) is 7.45. The summed E-state index contributed by atoms with van der Waals surface area (Å²) in [5.41, 5.74) is -0.269. The molecule has 1 saturated carbocycles. The van der Waals surface area contributed by atoms with E-state index in [1.54, 1.807) is 13.1 Å². The molecule has 1 aliphatic carbocycles. The minimum absolute atomic E-state index is 0.00845. The van der Waals surface area contributed by atoms with E-state index in [2.05, 4.69) is 10.0 Å². The standard InChI is InChI=1S/C10H16N2O3S/c1-10(5-6-10)12-16(13,14)9-4-3-8(15-9)7-11-2/h3-4,11-12H,5-7H2,1-2H3. The SMILES string of the molecule is CNCc1ccc(S(=O)(=O)NC2(C)CC2)o1. The van der Waals surface area contributed by atoms with Crippen LogP contribution in [-0.2, 0) is 16.6 Å². The van der Waals surface area contributed by atoms with Gasteiger partial charge in [0, 0.05) is 5.54 Å². The Morgan fingerprint density at radius 3 is 2.69 bits per heavy atom. The molecular formula is C10H16N2O3S. The lowest BCUT2D eigenvalue weighted by molar-refractivity contribution is 0.402. The molecule has 1 aliphatic rings. The largest absolute Gasteiger partial charge is 0.447 e. The third-order valence-corrected chi connectivity index (χ3v) is 4.14. The maximum atomic E-state index is 11.9. The van der Waals surface area contributed by atoms with Gasteiger partial charge in [-0.1, -0.05) is 0 Å². The quantitative estimate of drug-likeness (QED) is 0.804. The van der Waals surface area contributed by atoms with Crippen LogP contribution in [-0.4, -0.2) is 21.0 Å². The van der Waals surface area contributed by atoms with Crippen molar-refractivity contribution >= 4 is 10.0 Å². The highest BCUT2D eigenvalue weighted by molar-refractivity contribution is 7.89. The summed E-state index contributed by atoms with van der Waals surface area (Å²) < 4.78 is 31.6. The Morgan fingerprint density at radius 2 is 2.12 bits per heavy atom. The number of rotatable bonds is 5. The van der Waals surface area contributed by atoms with Crippen molar-refractivity contribution in [3.05, 3.63) is 17.9 Å². The molecule has 0 spiro atoms. The first-order valence-electron chi connectivity index (χ1n) is 5.22. The van der Waals surface area contributed by atoms with E-state index in [-0.39, 0.29) is 10.6 Å². The van der Waals surface area contributed by atoms with E-state index in [0.717, 1.165) is 12.8 Å². The van der Waals surface area contributed by atoms with Gasteiger partial charge in [-0.05, 0) is 38.9 Å². The summed E-state index contributed by atoms with van der Waals surface area (Å²) in [6.45, 7) is 2.41. The first kappa shape index (κ1) is 11.6. The van der Waals surface area contributed by atoms with Crippen LogP contribution in [0.3, 0.4) is 0 Å². The molecule has 0 bridgehead atoms. The normalized spacial score (nSPS) is 18.6. The number of hydrogen-bond acceptors (Lipinski definition) is 4. The Balaban J connectivity index is 2.15. The molecule has 0 atom stereocenters. The summed E-state index contributed by atoms with van der Waals surface area (Å²) >= 11 is 0. The van der Waals surface area contributed by atoms with E-state index in [4.69, 9.17) is 4.42 Å². The third kappa shape index (κ3) is 2.45. The van der Waals surface area contributed by atoms with E-state index in [1.165, 1.54) is 6.07 Å². The Bertz CT molecular complexity index is 474. The monoisotopic (exact) mass is 244 g/mol. The molecule has 2 rings (SSSR count). The Hall–Kier alpha value is -0.850. The molecule has 5 nitrogen and oxygen atoms in total. The first-order valence-corrected chi connectivity index (χ1v) is 6.71. The lowest BCUT2D eigenvalue weighted by Gasteiger charge is -2.09. The zero-order chi connectivity index (χ0) is 11.8. The molecule has 2 N–H and O–H groups in total. The summed E-state index contributed by atoms with van der Waals surface area (Å²) in [5, 5.41) is 2.89. The van der Waals surface area contributed by atoms with Crippen molar-refractivity contribution in [3.8, 4) is 0 Å². The number of nitrogens with one attached hydrogen (secondary N) is 2. The topological polar surface area (TPSA) is 71.3 Å². The Morgan fingerprint density at radius 1 is 1.44 bits per heavy atom. The van der Waals surface area contributed by atoms with Gasteiger partial charge in [0.25, 0.3) is 10.0 Å². The van der Waals surface area contributed by atoms with Crippen LogP contribution in [0.1, 0.15) is 25.5 Å². The zero-order valence-corrected chi connectivity index (χ0v) is 10.2. The Labute approximate surface area is 95.3 Å². The summed E-state index contributed by atoms with van der Waals surface area (Å²) in [6, 6.07) is 3.15. The highest BCUT2D eigenvalue weighted by Gasteiger charge is 2.42. The number of furan rings is 1. The minimum Gasteiger partial charge on any atom is -0.447 e. The molecule has 0 saturated heterocycles. The van der Waals surface area contributed by atoms with E-state index < -0.39 is 10.0 Å². The van der Waals surface area contributed by atoms with Gasteiger partial charge in [0.15, 0.2) is 0 Å². The van der Waals surface area contributed by atoms with Crippen LogP contribution < -0.4 is 10.0 Å². The summed E-state index contributed by atoms with van der Waals surface area (Å²) in [7, 11) is -1.72. The molecule has 1 aromatic rings. The predicted molar refractivity (Wildman–Crippen MR) is 59.4 cm³/mol. The lowest BCUT2D eigenvalue weighted by Crippen LogP contribution is -2.33. The fourth-order valence-corrected chi connectivity index (χ4v) is 2.85. The van der Waals surface area contributed by atoms with Crippen molar-refractivity contribution in [1.29, 1.82) is 0 Å². The molecule has 1 aromatic heterocycles. The van der Waals surface area contributed by atoms with E-state index in [9.17, 15) is 8.42 Å². The molecule has 1 fully saturated rings. The summed E-state index contributed by atoms with van der Waals surface area (Å²) in [6.07, 6.45) is 1.77. The number of hydrogen-bond donors (Lipinski definition) is 2. The van der Waals surface area contributed by atoms with E-state index in [0.29, 0.717) is 12.3 Å². The van der Waals surface area contributed by atoms with Gasteiger partial charge >= 0.3 is 0 Å². The lowest BCUT2D eigenvalue weighted by atomic mass is 10.4. The minimum atomic E-state index is -3.50. The predicted octanol–water partition coefficient (Wildman–Crippen LogP) is 0.830. The van der Waals surface area contributed by atoms with Gasteiger partial charge < -0.3 is 9.73 Å². The highest BCUT2D eigenvalue weighted by atomic mass is 32.2. The molecule has 90 valence electrons. The van der Waals surface area contributed by atoms with Crippen LogP contribution in [0.2, 0.25) is 0 Å². The van der Waals surface area contributed by atoms with Gasteiger partial charge in [0.05, 0.1) is 6.54 Å². The van der Waals surface area contributed by atoms with Crippen molar-refractivity contribution in [1.82, 2.24) is 10.0 Å². The van der Waals surface area contributed by atoms with Crippen molar-refractivity contribution in [3.63, 3.8) is 0 Å². The second kappa shape index (κ2) is 3.87. The van der Waals surface area contributed by atoms with Crippen LogP contribution in [0.15, 0.2) is 21.6 Å². The van der Waals surface area contributed by atoms with Gasteiger partial charge in [-0.15, -0.1) is 0 Å². The highest BCUT2D eigenvalue weighted by Crippen LogP contribution is 2.36. The second-order valence-corrected chi connectivity index (χ2v) is 6.03. The van der Waals surface area contributed by atoms with E-state index in [1.807, 2.05) is 6.92 Å². The van der Waals surface area contributed by atoms with Crippen LogP contribution in [0.25, 0.3) is 0 Å². The van der Waals surface area contributed by atoms with Crippen LogP contribution in [0.4, 0.5) is 0 Å². The smallest absolute Gasteiger partial charge is 0.274 e. The van der Waals surface area contributed by atoms with E-state index >= 15 is 0 Å². The van der Waals surface area contributed by atoms with Crippen LogP contribution in [0, 0.1) is 0 Å². The van der Waals surface area contributed by atoms with Gasteiger partial charge in [0.2, 0.25) is 5.09 Å². The fraction of sp³-hybridized carbons (Fsp3) is 0.600. The van der Waals surface area contributed by atoms with Crippen molar-refractivity contribution in [2.24, 2.45) is 0 Å². The molecule has 0 amide bonds. The fourth-order valence-electron chi connectivity index (χ4n) is 1.44. The average molecular weight is 244 g/mol. The Kier molecular flexibility index (Phi) is 2.81. The maximum Gasteiger partial charge on any atom is 0.274 e. The third-order valence-electron chi connectivity index (χ3n) is 2.63. The average Bonchev–Trinajstić information content (AvgIpc) is 2.73. The second-order valence-electron chi connectivity index (χ2n) is 4.42. The van der Waals surface area contributed by atoms with Gasteiger partial charge in [-0.2, -0.15) is 0 Å². The molecule has 0 aromatic carbocycles. The van der Waals surface area contributed by atoms with Crippen molar-refractivity contribution in [2.75, 3.05) is 7.05 Å². The number of sulfonamides is 1. The van der Waals surface area contributed by atoms with Crippen molar-refractivity contribution in [2.45, 2.75) is 36.9 Å². The van der Waals surface area contributed by atoms with Gasteiger partial charge in [0.1, 0.15) is 5.76 Å². The molecular weight excluding hydrogens is 228 g/mol. The van der Waals surface area contributed by atoms with Crippen molar-refractivity contribution < 1.29 is 12.8 Å². The molecule has 16 heavy (non-hydrogen) atoms. The summed E-state index contributed by atoms with van der Waals surface area (Å²) in [4.78, 5) is 0. The van der Waals surface area contributed by atoms with Crippen LogP contribution >= 0.6 is 0 Å². The van der Waals surface area contributed by atoms with Gasteiger partial charge in [-0.3, -0.25) is 0 Å². The van der Waals surface area contributed by atoms with Crippen LogP contribution in [0.5, 0.6) is 0 Å².